The average molecular weight is 614 g/mol. The van der Waals surface area contributed by atoms with Crippen LogP contribution in [0.2, 0.25) is 5.02 Å². The Labute approximate surface area is 254 Å². The molecule has 0 aliphatic heterocycles. The Morgan fingerprint density at radius 3 is 2.05 bits per heavy atom. The lowest BCUT2D eigenvalue weighted by Gasteiger charge is -2.34. The highest BCUT2D eigenvalue weighted by Gasteiger charge is 2.34. The largest absolute Gasteiger partial charge is 0.494 e. The normalized spacial score (nSPS) is 12.4. The number of rotatable bonds is 12. The van der Waals surface area contributed by atoms with Gasteiger partial charge in [0, 0.05) is 17.1 Å². The van der Waals surface area contributed by atoms with Gasteiger partial charge in [0.2, 0.25) is 11.8 Å². The van der Waals surface area contributed by atoms with Gasteiger partial charge in [0.05, 0.1) is 17.2 Å². The van der Waals surface area contributed by atoms with Gasteiger partial charge in [0.1, 0.15) is 18.3 Å². The third-order valence-electron chi connectivity index (χ3n) is 6.47. The van der Waals surface area contributed by atoms with Gasteiger partial charge in [-0.25, -0.2) is 8.42 Å². The van der Waals surface area contributed by atoms with Crippen molar-refractivity contribution in [2.24, 2.45) is 0 Å². The molecular weight excluding hydrogens is 574 g/mol. The Balaban J connectivity index is 2.07. The topological polar surface area (TPSA) is 96.0 Å². The van der Waals surface area contributed by atoms with E-state index in [9.17, 15) is 18.0 Å². The zero-order valence-corrected chi connectivity index (χ0v) is 26.6. The highest BCUT2D eigenvalue weighted by Crippen LogP contribution is 2.27. The Bertz CT molecular complexity index is 1450. The molecule has 1 N–H and O–H groups in total. The number of carbonyl (C=O) groups excluding carboxylic acids is 2. The first-order valence-electron chi connectivity index (χ1n) is 13.9. The van der Waals surface area contributed by atoms with Crippen molar-refractivity contribution >= 4 is 39.1 Å². The molecule has 8 nitrogen and oxygen atoms in total. The van der Waals surface area contributed by atoms with Crippen molar-refractivity contribution in [2.45, 2.75) is 71.0 Å². The van der Waals surface area contributed by atoms with Gasteiger partial charge in [-0.2, -0.15) is 0 Å². The second-order valence-electron chi connectivity index (χ2n) is 11.1. The molecule has 3 rings (SSSR count). The number of nitrogens with zero attached hydrogens (tertiary/aromatic N) is 2. The summed E-state index contributed by atoms with van der Waals surface area (Å²) in [5.74, 6) is -0.263. The minimum atomic E-state index is -4.16. The van der Waals surface area contributed by atoms with Crippen molar-refractivity contribution in [2.75, 3.05) is 17.5 Å². The van der Waals surface area contributed by atoms with Gasteiger partial charge in [-0.1, -0.05) is 48.4 Å². The number of amides is 2. The summed E-state index contributed by atoms with van der Waals surface area (Å²) in [7, 11) is -4.16. The molecule has 0 saturated carbocycles. The molecule has 0 bridgehead atoms. The fourth-order valence-electron chi connectivity index (χ4n) is 4.40. The van der Waals surface area contributed by atoms with Crippen LogP contribution in [0.1, 0.15) is 52.2 Å². The molecule has 0 radical (unpaired) electrons. The monoisotopic (exact) mass is 613 g/mol. The summed E-state index contributed by atoms with van der Waals surface area (Å²) in [6.07, 6.45) is 0.328. The standard InChI is InChI=1S/C32H40ClN3O5S/c1-7-29(31(38)34-32(4,5)6)35(21-24-11-13-25(33)14-12-24)30(37)22-36(26-15-17-27(18-16-26)41-8-2)42(39,40)28-19-9-23(3)10-20-28/h9-20,29H,7-8,21-22H2,1-6H3,(H,34,38)/t29-/m0/s1. The lowest BCUT2D eigenvalue weighted by molar-refractivity contribution is -0.141. The maximum atomic E-state index is 14.2. The first-order valence-corrected chi connectivity index (χ1v) is 15.7. The number of sulfonamides is 1. The Kier molecular flexibility index (Phi) is 11.0. The van der Waals surface area contributed by atoms with Crippen LogP contribution in [0.3, 0.4) is 0 Å². The van der Waals surface area contributed by atoms with E-state index in [0.29, 0.717) is 29.5 Å². The van der Waals surface area contributed by atoms with E-state index >= 15 is 0 Å². The predicted octanol–water partition coefficient (Wildman–Crippen LogP) is 5.96. The zero-order chi connectivity index (χ0) is 31.1. The SMILES string of the molecule is CCOc1ccc(N(CC(=O)N(Cc2ccc(Cl)cc2)[C@@H](CC)C(=O)NC(C)(C)C)S(=O)(=O)c2ccc(C)cc2)cc1. The van der Waals surface area contributed by atoms with Gasteiger partial charge < -0.3 is 15.0 Å². The second-order valence-corrected chi connectivity index (χ2v) is 13.4. The predicted molar refractivity (Wildman–Crippen MR) is 167 cm³/mol. The van der Waals surface area contributed by atoms with E-state index in [0.717, 1.165) is 15.4 Å². The summed E-state index contributed by atoms with van der Waals surface area (Å²) >= 11 is 6.08. The third kappa shape index (κ3) is 8.72. The molecule has 0 heterocycles. The molecule has 226 valence electrons. The average Bonchev–Trinajstić information content (AvgIpc) is 2.92. The molecule has 0 fully saturated rings. The van der Waals surface area contributed by atoms with Crippen molar-refractivity contribution in [1.82, 2.24) is 10.2 Å². The summed E-state index contributed by atoms with van der Waals surface area (Å²) in [6, 6.07) is 19.2. The van der Waals surface area contributed by atoms with Crippen LogP contribution in [0.15, 0.2) is 77.7 Å². The van der Waals surface area contributed by atoms with Crippen LogP contribution >= 0.6 is 11.6 Å². The van der Waals surface area contributed by atoms with E-state index < -0.39 is 34.1 Å². The summed E-state index contributed by atoms with van der Waals surface area (Å²) in [6.45, 7) is 11.2. The van der Waals surface area contributed by atoms with Crippen LogP contribution in [0.5, 0.6) is 5.75 Å². The van der Waals surface area contributed by atoms with E-state index in [1.807, 2.05) is 41.5 Å². The minimum absolute atomic E-state index is 0.0524. The molecule has 1 atom stereocenters. The van der Waals surface area contributed by atoms with Crippen LogP contribution in [-0.4, -0.2) is 49.9 Å². The molecule has 2 amide bonds. The molecule has 0 aliphatic rings. The zero-order valence-electron chi connectivity index (χ0n) is 25.1. The van der Waals surface area contributed by atoms with Crippen molar-refractivity contribution in [3.63, 3.8) is 0 Å². The molecule has 0 aromatic heterocycles. The lowest BCUT2D eigenvalue weighted by atomic mass is 10.1. The van der Waals surface area contributed by atoms with Gasteiger partial charge in [0.15, 0.2) is 0 Å². The minimum Gasteiger partial charge on any atom is -0.494 e. The molecule has 0 unspecified atom stereocenters. The smallest absolute Gasteiger partial charge is 0.264 e. The first-order chi connectivity index (χ1) is 19.7. The summed E-state index contributed by atoms with van der Waals surface area (Å²) in [5.41, 5.74) is 1.43. The second kappa shape index (κ2) is 14.1. The van der Waals surface area contributed by atoms with Crippen LogP contribution in [0.25, 0.3) is 0 Å². The van der Waals surface area contributed by atoms with Crippen LogP contribution in [-0.2, 0) is 26.2 Å². The molecular formula is C32H40ClN3O5S. The van der Waals surface area contributed by atoms with E-state index in [-0.39, 0.29) is 17.3 Å². The molecule has 42 heavy (non-hydrogen) atoms. The van der Waals surface area contributed by atoms with Gasteiger partial charge in [0.25, 0.3) is 10.0 Å². The highest BCUT2D eigenvalue weighted by molar-refractivity contribution is 7.92. The van der Waals surface area contributed by atoms with Crippen molar-refractivity contribution < 1.29 is 22.7 Å². The van der Waals surface area contributed by atoms with Crippen LogP contribution < -0.4 is 14.4 Å². The lowest BCUT2D eigenvalue weighted by Crippen LogP contribution is -2.55. The fraction of sp³-hybridized carbons (Fsp3) is 0.375. The number of hydrogen-bond acceptors (Lipinski definition) is 5. The number of hydrogen-bond donors (Lipinski definition) is 1. The van der Waals surface area contributed by atoms with Crippen molar-refractivity contribution in [3.8, 4) is 5.75 Å². The number of carbonyl (C=O) groups is 2. The van der Waals surface area contributed by atoms with Crippen molar-refractivity contribution in [1.29, 1.82) is 0 Å². The highest BCUT2D eigenvalue weighted by atomic mass is 35.5. The molecule has 0 spiro atoms. The van der Waals surface area contributed by atoms with Crippen LogP contribution in [0, 0.1) is 6.92 Å². The summed E-state index contributed by atoms with van der Waals surface area (Å²) in [4.78, 5) is 29.1. The first kappa shape index (κ1) is 32.9. The Hall–Kier alpha value is -3.56. The number of nitrogens with one attached hydrogen (secondary N) is 1. The quantitative estimate of drug-likeness (QED) is 0.272. The maximum absolute atomic E-state index is 14.2. The molecule has 0 aliphatic carbocycles. The Morgan fingerprint density at radius 1 is 0.929 bits per heavy atom. The van der Waals surface area contributed by atoms with Gasteiger partial charge in [-0.3, -0.25) is 13.9 Å². The van der Waals surface area contributed by atoms with Gasteiger partial charge >= 0.3 is 0 Å². The third-order valence-corrected chi connectivity index (χ3v) is 8.51. The summed E-state index contributed by atoms with van der Waals surface area (Å²) < 4.78 is 34.6. The van der Waals surface area contributed by atoms with Gasteiger partial charge in [-0.15, -0.1) is 0 Å². The maximum Gasteiger partial charge on any atom is 0.264 e. The van der Waals surface area contributed by atoms with Crippen LogP contribution in [0.4, 0.5) is 5.69 Å². The van der Waals surface area contributed by atoms with Gasteiger partial charge in [-0.05, 0) is 95.1 Å². The van der Waals surface area contributed by atoms with E-state index in [1.165, 1.54) is 17.0 Å². The summed E-state index contributed by atoms with van der Waals surface area (Å²) in [5, 5.41) is 3.51. The molecule has 3 aromatic rings. The molecule has 3 aromatic carbocycles. The molecule has 10 heteroatoms. The van der Waals surface area contributed by atoms with E-state index in [1.54, 1.807) is 60.7 Å². The number of anilines is 1. The number of aryl methyl sites for hydroxylation is 1. The molecule has 0 saturated heterocycles. The number of benzene rings is 3. The number of ether oxygens (including phenoxy) is 1. The van der Waals surface area contributed by atoms with E-state index in [4.69, 9.17) is 16.3 Å². The number of halogens is 1. The fourth-order valence-corrected chi connectivity index (χ4v) is 5.94. The van der Waals surface area contributed by atoms with Crippen molar-refractivity contribution in [3.05, 3.63) is 88.9 Å². The Morgan fingerprint density at radius 2 is 1.52 bits per heavy atom. The van der Waals surface area contributed by atoms with E-state index in [2.05, 4.69) is 5.32 Å².